The van der Waals surface area contributed by atoms with Gasteiger partial charge in [0.2, 0.25) is 5.88 Å². The van der Waals surface area contributed by atoms with E-state index in [9.17, 15) is 0 Å². The Balaban J connectivity index is 2.23. The highest BCUT2D eigenvalue weighted by molar-refractivity contribution is 5.95. The van der Waals surface area contributed by atoms with Gasteiger partial charge in [-0.05, 0) is 6.07 Å². The lowest BCUT2D eigenvalue weighted by Gasteiger charge is -2.08. The van der Waals surface area contributed by atoms with Gasteiger partial charge in [-0.1, -0.05) is 0 Å². The van der Waals surface area contributed by atoms with Crippen LogP contribution in [0.2, 0.25) is 0 Å². The number of methoxy groups -OCH3 is 3. The van der Waals surface area contributed by atoms with Gasteiger partial charge in [0.15, 0.2) is 0 Å². The lowest BCUT2D eigenvalue weighted by atomic mass is 10.2. The molecule has 3 aromatic heterocycles. The Kier molecular flexibility index (Phi) is 3.31. The molecule has 0 radical (unpaired) electrons. The van der Waals surface area contributed by atoms with E-state index in [1.807, 2.05) is 12.3 Å². The molecule has 0 fully saturated rings. The summed E-state index contributed by atoms with van der Waals surface area (Å²) in [7, 11) is 4.65. The lowest BCUT2D eigenvalue weighted by molar-refractivity contribution is 0.352. The maximum absolute atomic E-state index is 5.30. The SMILES string of the molecule is COc1cc(-c2ncc(OC)c3cc[nH]c23)nc(OC)n1. The molecule has 108 valence electrons. The van der Waals surface area contributed by atoms with Gasteiger partial charge in [0.05, 0.1) is 33.0 Å². The molecule has 7 heteroatoms. The van der Waals surface area contributed by atoms with Crippen molar-refractivity contribution in [2.24, 2.45) is 0 Å². The molecule has 1 N–H and O–H groups in total. The Labute approximate surface area is 120 Å². The van der Waals surface area contributed by atoms with Crippen molar-refractivity contribution in [2.45, 2.75) is 0 Å². The molecule has 0 atom stereocenters. The maximum Gasteiger partial charge on any atom is 0.320 e. The quantitative estimate of drug-likeness (QED) is 0.790. The number of rotatable bonds is 4. The van der Waals surface area contributed by atoms with Crippen LogP contribution in [0.4, 0.5) is 0 Å². The van der Waals surface area contributed by atoms with Gasteiger partial charge in [-0.15, -0.1) is 0 Å². The van der Waals surface area contributed by atoms with E-state index < -0.39 is 0 Å². The molecular weight excluding hydrogens is 272 g/mol. The van der Waals surface area contributed by atoms with Gasteiger partial charge in [-0.25, -0.2) is 4.98 Å². The maximum atomic E-state index is 5.30. The monoisotopic (exact) mass is 286 g/mol. The van der Waals surface area contributed by atoms with Crippen LogP contribution in [0.15, 0.2) is 24.5 Å². The van der Waals surface area contributed by atoms with Crippen molar-refractivity contribution in [3.63, 3.8) is 0 Å². The van der Waals surface area contributed by atoms with Gasteiger partial charge in [-0.3, -0.25) is 0 Å². The first-order valence-electron chi connectivity index (χ1n) is 6.24. The third-order valence-electron chi connectivity index (χ3n) is 3.10. The Bertz CT molecular complexity index is 763. The normalized spacial score (nSPS) is 10.6. The number of hydrogen-bond acceptors (Lipinski definition) is 6. The summed E-state index contributed by atoms with van der Waals surface area (Å²) in [6.07, 6.45) is 3.49. The second-order valence-corrected chi connectivity index (χ2v) is 4.22. The minimum absolute atomic E-state index is 0.224. The van der Waals surface area contributed by atoms with Crippen molar-refractivity contribution < 1.29 is 14.2 Å². The zero-order valence-corrected chi connectivity index (χ0v) is 11.9. The average Bonchev–Trinajstić information content (AvgIpc) is 3.02. The molecule has 0 spiro atoms. The van der Waals surface area contributed by atoms with Gasteiger partial charge < -0.3 is 19.2 Å². The number of H-pyrrole nitrogens is 1. The topological polar surface area (TPSA) is 82.2 Å². The van der Waals surface area contributed by atoms with Crippen LogP contribution in [0.1, 0.15) is 0 Å². The molecule has 21 heavy (non-hydrogen) atoms. The van der Waals surface area contributed by atoms with Gasteiger partial charge in [0.1, 0.15) is 17.1 Å². The van der Waals surface area contributed by atoms with E-state index in [-0.39, 0.29) is 6.01 Å². The molecule has 0 aliphatic carbocycles. The number of ether oxygens (including phenoxy) is 3. The Morgan fingerprint density at radius 2 is 1.90 bits per heavy atom. The lowest BCUT2D eigenvalue weighted by Crippen LogP contribution is -1.99. The number of hydrogen-bond donors (Lipinski definition) is 1. The second kappa shape index (κ2) is 5.28. The van der Waals surface area contributed by atoms with Crippen molar-refractivity contribution in [2.75, 3.05) is 21.3 Å². The van der Waals surface area contributed by atoms with Crippen molar-refractivity contribution >= 4 is 10.9 Å². The van der Waals surface area contributed by atoms with Crippen LogP contribution in [-0.2, 0) is 0 Å². The molecular formula is C14H14N4O3. The first-order valence-corrected chi connectivity index (χ1v) is 6.24. The van der Waals surface area contributed by atoms with E-state index in [1.54, 1.807) is 19.4 Å². The van der Waals surface area contributed by atoms with E-state index in [0.29, 0.717) is 23.0 Å². The molecule has 0 unspecified atom stereocenters. The summed E-state index contributed by atoms with van der Waals surface area (Å²) >= 11 is 0. The molecule has 3 rings (SSSR count). The van der Waals surface area contributed by atoms with E-state index in [2.05, 4.69) is 19.9 Å². The Morgan fingerprint density at radius 3 is 2.62 bits per heavy atom. The number of fused-ring (bicyclic) bond motifs is 1. The van der Waals surface area contributed by atoms with Crippen LogP contribution >= 0.6 is 0 Å². The predicted molar refractivity (Wildman–Crippen MR) is 76.8 cm³/mol. The fourth-order valence-corrected chi connectivity index (χ4v) is 2.11. The van der Waals surface area contributed by atoms with E-state index in [0.717, 1.165) is 10.9 Å². The molecule has 3 aromatic rings. The highest BCUT2D eigenvalue weighted by Gasteiger charge is 2.14. The van der Waals surface area contributed by atoms with Crippen LogP contribution in [0.5, 0.6) is 17.6 Å². The summed E-state index contributed by atoms with van der Waals surface area (Å²) in [5.74, 6) is 1.11. The third-order valence-corrected chi connectivity index (χ3v) is 3.10. The summed E-state index contributed by atoms with van der Waals surface area (Å²) < 4.78 is 15.6. The van der Waals surface area contributed by atoms with Crippen LogP contribution in [0.3, 0.4) is 0 Å². The fraction of sp³-hybridized carbons (Fsp3) is 0.214. The fourth-order valence-electron chi connectivity index (χ4n) is 2.11. The molecule has 0 aliphatic rings. The van der Waals surface area contributed by atoms with Gasteiger partial charge in [-0.2, -0.15) is 9.97 Å². The molecule has 7 nitrogen and oxygen atoms in total. The third kappa shape index (κ3) is 2.22. The van der Waals surface area contributed by atoms with Gasteiger partial charge in [0.25, 0.3) is 0 Å². The first-order chi connectivity index (χ1) is 10.3. The molecule has 0 aromatic carbocycles. The van der Waals surface area contributed by atoms with E-state index >= 15 is 0 Å². The average molecular weight is 286 g/mol. The molecule has 0 saturated carbocycles. The summed E-state index contributed by atoms with van der Waals surface area (Å²) in [4.78, 5) is 16.0. The molecule has 0 aliphatic heterocycles. The standard InChI is InChI=1S/C14H14N4O3/c1-19-10-7-16-13(12-8(10)4-5-15-12)9-6-11(20-2)18-14(17-9)21-3/h4-7,15H,1-3H3. The number of nitrogens with one attached hydrogen (secondary N) is 1. The van der Waals surface area contributed by atoms with E-state index in [4.69, 9.17) is 14.2 Å². The van der Waals surface area contributed by atoms with Gasteiger partial charge in [0, 0.05) is 17.6 Å². The van der Waals surface area contributed by atoms with Crippen molar-refractivity contribution in [1.82, 2.24) is 19.9 Å². The minimum Gasteiger partial charge on any atom is -0.494 e. The summed E-state index contributed by atoms with van der Waals surface area (Å²) in [6, 6.07) is 3.86. The van der Waals surface area contributed by atoms with Crippen LogP contribution < -0.4 is 14.2 Å². The summed E-state index contributed by atoms with van der Waals surface area (Å²) in [5.41, 5.74) is 2.11. The first kappa shape index (κ1) is 13.2. The van der Waals surface area contributed by atoms with Crippen molar-refractivity contribution in [1.29, 1.82) is 0 Å². The Morgan fingerprint density at radius 1 is 1.05 bits per heavy atom. The molecule has 0 bridgehead atoms. The minimum atomic E-state index is 0.224. The summed E-state index contributed by atoms with van der Waals surface area (Å²) in [6.45, 7) is 0. The Hall–Kier alpha value is -2.83. The molecule has 3 heterocycles. The molecule has 0 saturated heterocycles. The van der Waals surface area contributed by atoms with Crippen molar-refractivity contribution in [3.8, 4) is 29.0 Å². The number of aromatic nitrogens is 4. The highest BCUT2D eigenvalue weighted by Crippen LogP contribution is 2.32. The smallest absolute Gasteiger partial charge is 0.320 e. The van der Waals surface area contributed by atoms with Gasteiger partial charge >= 0.3 is 6.01 Å². The number of aromatic amines is 1. The highest BCUT2D eigenvalue weighted by atomic mass is 16.5. The zero-order valence-electron chi connectivity index (χ0n) is 11.9. The largest absolute Gasteiger partial charge is 0.494 e. The predicted octanol–water partition coefficient (Wildman–Crippen LogP) is 2.05. The zero-order chi connectivity index (χ0) is 14.8. The number of nitrogens with zero attached hydrogens (tertiary/aromatic N) is 3. The van der Waals surface area contributed by atoms with Crippen molar-refractivity contribution in [3.05, 3.63) is 24.5 Å². The number of pyridine rings is 1. The van der Waals surface area contributed by atoms with Crippen LogP contribution in [0.25, 0.3) is 22.3 Å². The summed E-state index contributed by atoms with van der Waals surface area (Å²) in [5, 5.41) is 0.930. The molecule has 0 amide bonds. The van der Waals surface area contributed by atoms with Crippen LogP contribution in [-0.4, -0.2) is 41.3 Å². The van der Waals surface area contributed by atoms with E-state index in [1.165, 1.54) is 14.2 Å². The van der Waals surface area contributed by atoms with Crippen LogP contribution in [0, 0.1) is 0 Å². The second-order valence-electron chi connectivity index (χ2n) is 4.22.